The fourth-order valence-electron chi connectivity index (χ4n) is 2.37. The van der Waals surface area contributed by atoms with Crippen molar-refractivity contribution in [1.29, 1.82) is 0 Å². The maximum absolute atomic E-state index is 12.6. The molecule has 1 aliphatic heterocycles. The number of primary amides is 1. The maximum Gasteiger partial charge on any atom is 0.248 e. The Kier molecular flexibility index (Phi) is 3.56. The van der Waals surface area contributed by atoms with Gasteiger partial charge in [-0.25, -0.2) is 8.42 Å². The molecule has 1 aromatic carbocycles. The first kappa shape index (κ1) is 14.2. The van der Waals surface area contributed by atoms with Crippen LogP contribution in [0.3, 0.4) is 0 Å². The Morgan fingerprint density at radius 2 is 1.90 bits per heavy atom. The Hall–Kier alpha value is -1.70. The summed E-state index contributed by atoms with van der Waals surface area (Å²) in [4.78, 5) is 12.5. The molecule has 7 heteroatoms. The number of fused-ring (bicyclic) bond motifs is 1. The van der Waals surface area contributed by atoms with Gasteiger partial charge in [-0.1, -0.05) is 0 Å². The van der Waals surface area contributed by atoms with E-state index in [2.05, 4.69) is 0 Å². The largest absolute Gasteiger partial charge is 0.366 e. The van der Waals surface area contributed by atoms with Crippen molar-refractivity contribution < 1.29 is 13.2 Å². The zero-order valence-electron chi connectivity index (χ0n) is 11.2. The van der Waals surface area contributed by atoms with Crippen molar-refractivity contribution >= 4 is 27.3 Å². The van der Waals surface area contributed by atoms with Crippen molar-refractivity contribution in [3.63, 3.8) is 0 Å². The number of nitrogens with zero attached hydrogens (tertiary/aromatic N) is 1. The van der Waals surface area contributed by atoms with Crippen molar-refractivity contribution in [3.05, 3.63) is 51.7 Å². The zero-order chi connectivity index (χ0) is 15.0. The van der Waals surface area contributed by atoms with Gasteiger partial charge in [0, 0.05) is 23.5 Å². The van der Waals surface area contributed by atoms with Gasteiger partial charge in [0.1, 0.15) is 0 Å². The maximum atomic E-state index is 12.6. The predicted octanol–water partition coefficient (Wildman–Crippen LogP) is 1.59. The number of thiophene rings is 1. The van der Waals surface area contributed by atoms with Gasteiger partial charge in [-0.15, -0.1) is 11.3 Å². The molecule has 2 heterocycles. The molecule has 0 radical (unpaired) electrons. The normalized spacial score (nSPS) is 15.6. The average Bonchev–Trinajstić information content (AvgIpc) is 2.94. The monoisotopic (exact) mass is 322 g/mol. The molecule has 110 valence electrons. The summed E-state index contributed by atoms with van der Waals surface area (Å²) in [6.07, 6.45) is 0.742. The number of benzene rings is 1. The third-order valence-electron chi connectivity index (χ3n) is 3.55. The van der Waals surface area contributed by atoms with E-state index in [9.17, 15) is 13.2 Å². The summed E-state index contributed by atoms with van der Waals surface area (Å²) in [5.74, 6) is -0.570. The van der Waals surface area contributed by atoms with Crippen molar-refractivity contribution in [2.75, 3.05) is 6.54 Å². The summed E-state index contributed by atoms with van der Waals surface area (Å²) in [5, 5.41) is 1.99. The van der Waals surface area contributed by atoms with E-state index in [0.717, 1.165) is 12.0 Å². The average molecular weight is 322 g/mol. The van der Waals surface area contributed by atoms with E-state index >= 15 is 0 Å². The van der Waals surface area contributed by atoms with Crippen LogP contribution in [0.15, 0.2) is 40.6 Å². The van der Waals surface area contributed by atoms with Gasteiger partial charge in [0.05, 0.1) is 4.90 Å². The first-order valence-electron chi connectivity index (χ1n) is 6.44. The second kappa shape index (κ2) is 5.25. The molecule has 1 aliphatic rings. The molecule has 3 rings (SSSR count). The van der Waals surface area contributed by atoms with E-state index in [1.54, 1.807) is 11.3 Å². The van der Waals surface area contributed by atoms with Gasteiger partial charge in [0.2, 0.25) is 15.9 Å². The van der Waals surface area contributed by atoms with Gasteiger partial charge in [0.15, 0.2) is 0 Å². The summed E-state index contributed by atoms with van der Waals surface area (Å²) in [7, 11) is -3.54. The van der Waals surface area contributed by atoms with E-state index in [1.165, 1.54) is 33.4 Å². The highest BCUT2D eigenvalue weighted by Crippen LogP contribution is 2.28. The van der Waals surface area contributed by atoms with Crippen LogP contribution in [0.4, 0.5) is 0 Å². The van der Waals surface area contributed by atoms with E-state index in [-0.39, 0.29) is 4.90 Å². The number of amides is 1. The molecule has 1 aromatic heterocycles. The number of hydrogen-bond acceptors (Lipinski definition) is 4. The summed E-state index contributed by atoms with van der Waals surface area (Å²) in [6.45, 7) is 0.881. The molecular weight excluding hydrogens is 308 g/mol. The molecule has 0 atom stereocenters. The Bertz CT molecular complexity index is 779. The third-order valence-corrected chi connectivity index (χ3v) is 6.43. The SMILES string of the molecule is NC(=O)c1ccc(S(=O)(=O)N2CCc3sccc3C2)cc1. The molecular formula is C14H14N2O3S2. The first-order valence-corrected chi connectivity index (χ1v) is 8.76. The number of carbonyl (C=O) groups is 1. The smallest absolute Gasteiger partial charge is 0.248 e. The fourth-order valence-corrected chi connectivity index (χ4v) is 4.68. The summed E-state index contributed by atoms with van der Waals surface area (Å²) >= 11 is 1.67. The first-order chi connectivity index (χ1) is 9.98. The molecule has 21 heavy (non-hydrogen) atoms. The van der Waals surface area contributed by atoms with Crippen molar-refractivity contribution in [2.45, 2.75) is 17.9 Å². The minimum atomic E-state index is -3.54. The third kappa shape index (κ3) is 2.59. The van der Waals surface area contributed by atoms with Crippen LogP contribution in [0.2, 0.25) is 0 Å². The summed E-state index contributed by atoms with van der Waals surface area (Å²) < 4.78 is 26.7. The highest BCUT2D eigenvalue weighted by Gasteiger charge is 2.28. The van der Waals surface area contributed by atoms with Gasteiger partial charge >= 0.3 is 0 Å². The lowest BCUT2D eigenvalue weighted by Gasteiger charge is -2.26. The van der Waals surface area contributed by atoms with Gasteiger partial charge in [-0.3, -0.25) is 4.79 Å². The van der Waals surface area contributed by atoms with Crippen molar-refractivity contribution in [3.8, 4) is 0 Å². The number of rotatable bonds is 3. The standard InChI is InChI=1S/C14H14N2O3S2/c15-14(17)10-1-3-12(4-2-10)21(18,19)16-7-5-13-11(9-16)6-8-20-13/h1-4,6,8H,5,7,9H2,(H2,15,17). The summed E-state index contributed by atoms with van der Waals surface area (Å²) in [6, 6.07) is 7.71. The Morgan fingerprint density at radius 1 is 1.19 bits per heavy atom. The van der Waals surface area contributed by atoms with Crippen LogP contribution < -0.4 is 5.73 Å². The molecule has 1 amide bonds. The molecule has 2 aromatic rings. The Morgan fingerprint density at radius 3 is 2.57 bits per heavy atom. The van der Waals surface area contributed by atoms with Crippen LogP contribution >= 0.6 is 11.3 Å². The second-order valence-electron chi connectivity index (χ2n) is 4.85. The number of hydrogen-bond donors (Lipinski definition) is 1. The second-order valence-corrected chi connectivity index (χ2v) is 7.78. The number of sulfonamides is 1. The van der Waals surface area contributed by atoms with Crippen LogP contribution in [-0.4, -0.2) is 25.2 Å². The van der Waals surface area contributed by atoms with Crippen LogP contribution in [0.5, 0.6) is 0 Å². The van der Waals surface area contributed by atoms with Crippen LogP contribution in [-0.2, 0) is 23.0 Å². The highest BCUT2D eigenvalue weighted by atomic mass is 32.2. The quantitative estimate of drug-likeness (QED) is 0.932. The van der Waals surface area contributed by atoms with E-state index < -0.39 is 15.9 Å². The number of nitrogens with two attached hydrogens (primary N) is 1. The van der Waals surface area contributed by atoms with E-state index in [4.69, 9.17) is 5.73 Å². The van der Waals surface area contributed by atoms with Crippen molar-refractivity contribution in [1.82, 2.24) is 4.31 Å². The zero-order valence-corrected chi connectivity index (χ0v) is 12.8. The van der Waals surface area contributed by atoms with Crippen molar-refractivity contribution in [2.24, 2.45) is 5.73 Å². The van der Waals surface area contributed by atoms with Gasteiger partial charge < -0.3 is 5.73 Å². The Labute approximate surface area is 127 Å². The van der Waals surface area contributed by atoms with Gasteiger partial charge in [-0.05, 0) is 47.7 Å². The fraction of sp³-hybridized carbons (Fsp3) is 0.214. The lowest BCUT2D eigenvalue weighted by molar-refractivity contribution is 0.1000. The molecule has 0 bridgehead atoms. The topological polar surface area (TPSA) is 80.5 Å². The molecule has 0 fully saturated rings. The van der Waals surface area contributed by atoms with Crippen LogP contribution in [0.1, 0.15) is 20.8 Å². The predicted molar refractivity (Wildman–Crippen MR) is 80.6 cm³/mol. The minimum absolute atomic E-state index is 0.186. The molecule has 0 saturated heterocycles. The number of carbonyl (C=O) groups excluding carboxylic acids is 1. The molecule has 0 saturated carbocycles. The lowest BCUT2D eigenvalue weighted by atomic mass is 10.1. The van der Waals surface area contributed by atoms with Gasteiger partial charge in [-0.2, -0.15) is 4.31 Å². The Balaban J connectivity index is 1.89. The van der Waals surface area contributed by atoms with E-state index in [0.29, 0.717) is 18.7 Å². The van der Waals surface area contributed by atoms with Crippen LogP contribution in [0, 0.1) is 0 Å². The highest BCUT2D eigenvalue weighted by molar-refractivity contribution is 7.89. The van der Waals surface area contributed by atoms with Gasteiger partial charge in [0.25, 0.3) is 0 Å². The molecule has 0 unspecified atom stereocenters. The molecule has 2 N–H and O–H groups in total. The van der Waals surface area contributed by atoms with E-state index in [1.807, 2.05) is 11.4 Å². The minimum Gasteiger partial charge on any atom is -0.366 e. The molecule has 5 nitrogen and oxygen atoms in total. The summed E-state index contributed by atoms with van der Waals surface area (Å²) in [5.41, 5.74) is 6.53. The molecule has 0 spiro atoms. The van der Waals surface area contributed by atoms with Crippen LogP contribution in [0.25, 0.3) is 0 Å². The lowest BCUT2D eigenvalue weighted by Crippen LogP contribution is -2.35. The molecule has 0 aliphatic carbocycles.